The Morgan fingerprint density at radius 3 is 2.21 bits per heavy atom. The van der Waals surface area contributed by atoms with Crippen LogP contribution in [-0.2, 0) is 28.5 Å². The van der Waals surface area contributed by atoms with Gasteiger partial charge < -0.3 is 18.9 Å². The lowest BCUT2D eigenvalue weighted by atomic mass is 9.93. The lowest BCUT2D eigenvalue weighted by Crippen LogP contribution is -2.31. The minimum Gasteiger partial charge on any atom is -0.467 e. The molecule has 0 N–H and O–H groups in total. The van der Waals surface area contributed by atoms with Crippen molar-refractivity contribution in [1.29, 1.82) is 0 Å². The van der Waals surface area contributed by atoms with Crippen LogP contribution in [0.25, 0.3) is 0 Å². The van der Waals surface area contributed by atoms with E-state index in [1.54, 1.807) is 18.2 Å². The largest absolute Gasteiger partial charge is 0.467 e. The van der Waals surface area contributed by atoms with Gasteiger partial charge in [-0.15, -0.1) is 0 Å². The third-order valence-corrected chi connectivity index (χ3v) is 4.48. The maximum absolute atomic E-state index is 12.3. The van der Waals surface area contributed by atoms with Gasteiger partial charge in [-0.2, -0.15) is 0 Å². The molecule has 6 heteroatoms. The molecule has 1 aliphatic heterocycles. The number of esters is 2. The molecule has 0 aromatic heterocycles. The fraction of sp³-hybridized carbons (Fsp3) is 0.273. The number of hydrogen-bond donors (Lipinski definition) is 0. The van der Waals surface area contributed by atoms with Gasteiger partial charge in [0, 0.05) is 12.3 Å². The molecule has 1 heterocycles. The standard InChI is InChI=1S/C22H22O6/c1-25-21(23)18-13-17(15-9-5-3-6-10-15)14-19(27-18)28-20(22(24)26-2)16-11-7-4-8-12-16/h3-13,17,19-20H,14H2,1-2H3/t17-,19-,20-/m1/s1. The molecule has 28 heavy (non-hydrogen) atoms. The number of benzene rings is 2. The first-order chi connectivity index (χ1) is 13.6. The predicted molar refractivity (Wildman–Crippen MR) is 101 cm³/mol. The Labute approximate surface area is 163 Å². The van der Waals surface area contributed by atoms with Crippen LogP contribution in [0.15, 0.2) is 72.5 Å². The summed E-state index contributed by atoms with van der Waals surface area (Å²) >= 11 is 0. The minimum atomic E-state index is -0.968. The van der Waals surface area contributed by atoms with Crippen molar-refractivity contribution >= 4 is 11.9 Å². The molecule has 1 aliphatic rings. The van der Waals surface area contributed by atoms with E-state index < -0.39 is 24.3 Å². The predicted octanol–water partition coefficient (Wildman–Crippen LogP) is 3.50. The van der Waals surface area contributed by atoms with Crippen LogP contribution < -0.4 is 0 Å². The maximum Gasteiger partial charge on any atom is 0.373 e. The summed E-state index contributed by atoms with van der Waals surface area (Å²) in [6, 6.07) is 18.7. The molecular formula is C22H22O6. The molecule has 146 valence electrons. The Morgan fingerprint density at radius 1 is 0.964 bits per heavy atom. The third kappa shape index (κ3) is 4.58. The van der Waals surface area contributed by atoms with Crippen molar-refractivity contribution < 1.29 is 28.5 Å². The van der Waals surface area contributed by atoms with Crippen molar-refractivity contribution in [1.82, 2.24) is 0 Å². The molecule has 3 rings (SSSR count). The summed E-state index contributed by atoms with van der Waals surface area (Å²) in [7, 11) is 2.59. The summed E-state index contributed by atoms with van der Waals surface area (Å²) in [5.41, 5.74) is 1.65. The Kier molecular flexibility index (Phi) is 6.45. The number of allylic oxidation sites excluding steroid dienone is 1. The molecule has 6 nitrogen and oxygen atoms in total. The number of methoxy groups -OCH3 is 2. The highest BCUT2D eigenvalue weighted by molar-refractivity contribution is 5.86. The van der Waals surface area contributed by atoms with Gasteiger partial charge in [0.1, 0.15) is 0 Å². The monoisotopic (exact) mass is 382 g/mol. The maximum atomic E-state index is 12.3. The first kappa shape index (κ1) is 19.6. The molecule has 3 atom stereocenters. The van der Waals surface area contributed by atoms with Gasteiger partial charge in [0.05, 0.1) is 14.2 Å². The van der Waals surface area contributed by atoms with E-state index in [2.05, 4.69) is 0 Å². The second-order valence-corrected chi connectivity index (χ2v) is 6.27. The van der Waals surface area contributed by atoms with Gasteiger partial charge >= 0.3 is 11.9 Å². The summed E-state index contributed by atoms with van der Waals surface area (Å²) in [6.07, 6.45) is 0.361. The zero-order valence-corrected chi connectivity index (χ0v) is 15.7. The van der Waals surface area contributed by atoms with Crippen LogP contribution in [0.5, 0.6) is 0 Å². The normalized spacial score (nSPS) is 19.7. The highest BCUT2D eigenvalue weighted by Gasteiger charge is 2.33. The van der Waals surface area contributed by atoms with Crippen LogP contribution in [0, 0.1) is 0 Å². The van der Waals surface area contributed by atoms with Crippen molar-refractivity contribution in [3.63, 3.8) is 0 Å². The number of ether oxygens (including phenoxy) is 4. The van der Waals surface area contributed by atoms with Crippen molar-refractivity contribution in [2.24, 2.45) is 0 Å². The van der Waals surface area contributed by atoms with Gasteiger partial charge in [0.15, 0.2) is 6.10 Å². The van der Waals surface area contributed by atoms with E-state index in [-0.39, 0.29) is 11.7 Å². The quantitative estimate of drug-likeness (QED) is 0.712. The van der Waals surface area contributed by atoms with Crippen LogP contribution in [-0.4, -0.2) is 32.4 Å². The van der Waals surface area contributed by atoms with Gasteiger partial charge in [-0.25, -0.2) is 9.59 Å². The van der Waals surface area contributed by atoms with Crippen molar-refractivity contribution in [2.75, 3.05) is 14.2 Å². The number of hydrogen-bond acceptors (Lipinski definition) is 6. The Bertz CT molecular complexity index is 831. The summed E-state index contributed by atoms with van der Waals surface area (Å²) < 4.78 is 21.3. The second kappa shape index (κ2) is 9.19. The van der Waals surface area contributed by atoms with Gasteiger partial charge in [-0.3, -0.25) is 0 Å². The van der Waals surface area contributed by atoms with Crippen LogP contribution in [0.1, 0.15) is 29.6 Å². The van der Waals surface area contributed by atoms with Crippen LogP contribution >= 0.6 is 0 Å². The molecule has 0 saturated heterocycles. The van der Waals surface area contributed by atoms with Crippen molar-refractivity contribution in [3.05, 3.63) is 83.6 Å². The highest BCUT2D eigenvalue weighted by Crippen LogP contribution is 2.34. The highest BCUT2D eigenvalue weighted by atomic mass is 16.7. The average Bonchev–Trinajstić information content (AvgIpc) is 2.77. The smallest absolute Gasteiger partial charge is 0.373 e. The van der Waals surface area contributed by atoms with E-state index >= 15 is 0 Å². The average molecular weight is 382 g/mol. The molecular weight excluding hydrogens is 360 g/mol. The molecule has 0 amide bonds. The lowest BCUT2D eigenvalue weighted by molar-refractivity contribution is -0.192. The molecule has 0 radical (unpaired) electrons. The van der Waals surface area contributed by atoms with E-state index in [1.165, 1.54) is 14.2 Å². The van der Waals surface area contributed by atoms with Crippen LogP contribution in [0.3, 0.4) is 0 Å². The SMILES string of the molecule is COC(=O)C1=C[C@@H](c2ccccc2)C[C@@H](O[C@@H](C(=O)OC)c2ccccc2)O1. The summed E-state index contributed by atoms with van der Waals surface area (Å²) in [4.78, 5) is 24.4. The first-order valence-electron chi connectivity index (χ1n) is 8.92. The summed E-state index contributed by atoms with van der Waals surface area (Å²) in [5, 5.41) is 0. The third-order valence-electron chi connectivity index (χ3n) is 4.48. The summed E-state index contributed by atoms with van der Waals surface area (Å²) in [6.45, 7) is 0. The van der Waals surface area contributed by atoms with E-state index in [4.69, 9.17) is 18.9 Å². The zero-order chi connectivity index (χ0) is 19.9. The Morgan fingerprint density at radius 2 is 1.61 bits per heavy atom. The number of rotatable bonds is 6. The van der Waals surface area contributed by atoms with Crippen molar-refractivity contribution in [2.45, 2.75) is 24.7 Å². The van der Waals surface area contributed by atoms with Gasteiger partial charge in [0.2, 0.25) is 12.0 Å². The molecule has 0 unspecified atom stereocenters. The Balaban J connectivity index is 1.87. The second-order valence-electron chi connectivity index (χ2n) is 6.27. The van der Waals surface area contributed by atoms with Crippen molar-refractivity contribution in [3.8, 4) is 0 Å². The summed E-state index contributed by atoms with van der Waals surface area (Å²) in [5.74, 6) is -1.20. The van der Waals surface area contributed by atoms with E-state index in [9.17, 15) is 9.59 Å². The fourth-order valence-corrected chi connectivity index (χ4v) is 3.08. The molecule has 0 saturated carbocycles. The lowest BCUT2D eigenvalue weighted by Gasteiger charge is -2.31. The minimum absolute atomic E-state index is 0.0595. The molecule has 2 aromatic rings. The van der Waals surface area contributed by atoms with Gasteiger partial charge in [-0.1, -0.05) is 60.7 Å². The molecule has 2 aromatic carbocycles. The van der Waals surface area contributed by atoms with E-state index in [0.717, 1.165) is 5.56 Å². The molecule has 0 fully saturated rings. The molecule has 0 bridgehead atoms. The molecule has 0 aliphatic carbocycles. The van der Waals surface area contributed by atoms with Crippen LogP contribution in [0.2, 0.25) is 0 Å². The van der Waals surface area contributed by atoms with Crippen LogP contribution in [0.4, 0.5) is 0 Å². The Hall–Kier alpha value is -3.12. The first-order valence-corrected chi connectivity index (χ1v) is 8.92. The van der Waals surface area contributed by atoms with Gasteiger partial charge in [-0.05, 0) is 17.2 Å². The topological polar surface area (TPSA) is 71.1 Å². The fourth-order valence-electron chi connectivity index (χ4n) is 3.08. The van der Waals surface area contributed by atoms with E-state index in [1.807, 2.05) is 48.5 Å². The van der Waals surface area contributed by atoms with E-state index in [0.29, 0.717) is 12.0 Å². The number of carbonyl (C=O) groups is 2. The zero-order valence-electron chi connectivity index (χ0n) is 15.7. The molecule has 0 spiro atoms. The van der Waals surface area contributed by atoms with Gasteiger partial charge in [0.25, 0.3) is 0 Å². The number of carbonyl (C=O) groups excluding carboxylic acids is 2.